The Morgan fingerprint density at radius 2 is 1.88 bits per heavy atom. The molecule has 0 saturated heterocycles. The maximum Gasteiger partial charge on any atom is 0.222 e. The van der Waals surface area contributed by atoms with Crippen LogP contribution in [0.25, 0.3) is 0 Å². The van der Waals surface area contributed by atoms with Crippen molar-refractivity contribution in [3.05, 3.63) is 48.0 Å². The number of aliphatic hydroxyl groups is 1. The van der Waals surface area contributed by atoms with Crippen molar-refractivity contribution < 1.29 is 5.11 Å². The van der Waals surface area contributed by atoms with Crippen LogP contribution in [0.3, 0.4) is 0 Å². The molecule has 5 nitrogen and oxygen atoms in total. The van der Waals surface area contributed by atoms with E-state index >= 15 is 0 Å². The number of aromatic nitrogens is 3. The molecule has 2 aromatic rings. The van der Waals surface area contributed by atoms with Crippen molar-refractivity contribution in [2.45, 2.75) is 20.6 Å². The van der Waals surface area contributed by atoms with Crippen LogP contribution in [-0.4, -0.2) is 20.1 Å². The number of nitrogens with zero attached hydrogens (tertiary/aromatic N) is 3. The number of pyridine rings is 1. The third-order valence-electron chi connectivity index (χ3n) is 2.06. The predicted octanol–water partition coefficient (Wildman–Crippen LogP) is 1.61. The van der Waals surface area contributed by atoms with Crippen molar-refractivity contribution in [1.29, 1.82) is 0 Å². The van der Waals surface area contributed by atoms with Crippen LogP contribution in [0.2, 0.25) is 0 Å². The van der Waals surface area contributed by atoms with E-state index in [1.54, 1.807) is 24.8 Å². The summed E-state index contributed by atoms with van der Waals surface area (Å²) in [6, 6.07) is 3.86. The van der Waals surface area contributed by atoms with E-state index in [1.807, 2.05) is 12.1 Å². The lowest BCUT2D eigenvalue weighted by molar-refractivity contribution is 0.281. The number of hydrogen-bond donors (Lipinski definition) is 2. The fourth-order valence-corrected chi connectivity index (χ4v) is 1.21. The number of rotatable bonds is 4. The Hall–Kier alpha value is -2.01. The molecule has 0 unspecified atom stereocenters. The minimum atomic E-state index is -0.0388. The average Bonchev–Trinajstić information content (AvgIpc) is 2.38. The zero-order chi connectivity index (χ0) is 11.2. The molecule has 2 rings (SSSR count). The van der Waals surface area contributed by atoms with Gasteiger partial charge in [-0.1, -0.05) is 13.5 Å². The molecule has 0 bridgehead atoms. The fraction of sp³-hybridized carbons (Fsp3) is 0.250. The summed E-state index contributed by atoms with van der Waals surface area (Å²) >= 11 is 0. The molecule has 2 N–H and O–H groups in total. The normalized spacial score (nSPS) is 9.47. The highest BCUT2D eigenvalue weighted by atomic mass is 16.3. The molecular formula is C12H16N4O. The first-order chi connectivity index (χ1) is 7.88. The van der Waals surface area contributed by atoms with E-state index in [0.29, 0.717) is 18.1 Å². The van der Waals surface area contributed by atoms with Crippen molar-refractivity contribution >= 4 is 5.95 Å². The highest BCUT2D eigenvalue weighted by Crippen LogP contribution is 2.03. The molecule has 0 spiro atoms. The second-order valence-electron chi connectivity index (χ2n) is 3.29. The van der Waals surface area contributed by atoms with E-state index in [2.05, 4.69) is 20.3 Å². The van der Waals surface area contributed by atoms with Gasteiger partial charge < -0.3 is 10.4 Å². The zero-order valence-electron chi connectivity index (χ0n) is 8.67. The van der Waals surface area contributed by atoms with Crippen molar-refractivity contribution in [2.24, 2.45) is 0 Å². The summed E-state index contributed by atoms with van der Waals surface area (Å²) in [6.07, 6.45) is 6.71. The van der Waals surface area contributed by atoms with E-state index in [9.17, 15) is 0 Å². The summed E-state index contributed by atoms with van der Waals surface area (Å²) in [5.41, 5.74) is 1.77. The van der Waals surface area contributed by atoms with Crippen LogP contribution in [-0.2, 0) is 13.2 Å². The Morgan fingerprint density at radius 1 is 1.12 bits per heavy atom. The van der Waals surface area contributed by atoms with Gasteiger partial charge in [0.05, 0.1) is 6.61 Å². The summed E-state index contributed by atoms with van der Waals surface area (Å²) < 4.78 is 0. The first kappa shape index (κ1) is 13.1. The molecule has 2 heterocycles. The number of anilines is 1. The van der Waals surface area contributed by atoms with Gasteiger partial charge in [-0.25, -0.2) is 9.97 Å². The smallest absolute Gasteiger partial charge is 0.222 e. The molecule has 0 aromatic carbocycles. The van der Waals surface area contributed by atoms with Crippen LogP contribution in [0.1, 0.15) is 18.6 Å². The van der Waals surface area contributed by atoms with Crippen LogP contribution in [0.5, 0.6) is 0 Å². The van der Waals surface area contributed by atoms with E-state index in [0.717, 1.165) is 5.56 Å². The van der Waals surface area contributed by atoms with Crippen LogP contribution in [0, 0.1) is 0 Å². The van der Waals surface area contributed by atoms with Crippen LogP contribution < -0.4 is 5.32 Å². The summed E-state index contributed by atoms with van der Waals surface area (Å²) in [4.78, 5) is 12.1. The summed E-state index contributed by atoms with van der Waals surface area (Å²) in [5.74, 6) is 0.543. The molecule has 0 radical (unpaired) electrons. The standard InChI is InChI=1S/C11H12N4O.CH4/c16-8-10-6-14-11(15-7-10)13-5-9-2-1-3-12-4-9;/h1-4,6-7,16H,5,8H2,(H,13,14,15);1H4. The van der Waals surface area contributed by atoms with Gasteiger partial charge in [-0.2, -0.15) is 0 Å². The number of aliphatic hydroxyl groups excluding tert-OH is 1. The fourth-order valence-electron chi connectivity index (χ4n) is 1.21. The minimum absolute atomic E-state index is 0. The Morgan fingerprint density at radius 3 is 2.47 bits per heavy atom. The molecule has 2 aromatic heterocycles. The van der Waals surface area contributed by atoms with Crippen LogP contribution in [0.4, 0.5) is 5.95 Å². The van der Waals surface area contributed by atoms with Crippen molar-refractivity contribution in [1.82, 2.24) is 15.0 Å². The lowest BCUT2D eigenvalue weighted by atomic mass is 10.3. The second kappa shape index (κ2) is 6.55. The molecular weight excluding hydrogens is 216 g/mol. The molecule has 17 heavy (non-hydrogen) atoms. The van der Waals surface area contributed by atoms with E-state index in [1.165, 1.54) is 0 Å². The Bertz CT molecular complexity index is 430. The summed E-state index contributed by atoms with van der Waals surface area (Å²) in [5, 5.41) is 11.9. The first-order valence-electron chi connectivity index (χ1n) is 4.93. The number of hydrogen-bond acceptors (Lipinski definition) is 5. The van der Waals surface area contributed by atoms with Crippen LogP contribution >= 0.6 is 0 Å². The lowest BCUT2D eigenvalue weighted by Crippen LogP contribution is -2.04. The Labute approximate surface area is 101 Å². The Kier molecular flexibility index (Phi) is 5.03. The maximum atomic E-state index is 8.83. The SMILES string of the molecule is C.OCc1cnc(NCc2cccnc2)nc1. The van der Waals surface area contributed by atoms with Gasteiger partial charge in [0.25, 0.3) is 0 Å². The summed E-state index contributed by atoms with van der Waals surface area (Å²) in [6.45, 7) is 0.592. The molecule has 0 amide bonds. The van der Waals surface area contributed by atoms with E-state index < -0.39 is 0 Å². The molecule has 5 heteroatoms. The molecule has 0 saturated carbocycles. The molecule has 90 valence electrons. The molecule has 0 aliphatic rings. The van der Waals surface area contributed by atoms with Gasteiger partial charge >= 0.3 is 0 Å². The quantitative estimate of drug-likeness (QED) is 0.838. The Balaban J connectivity index is 0.00000144. The van der Waals surface area contributed by atoms with Gasteiger partial charge in [-0.05, 0) is 11.6 Å². The topological polar surface area (TPSA) is 70.9 Å². The van der Waals surface area contributed by atoms with Gasteiger partial charge in [0, 0.05) is 36.9 Å². The second-order valence-corrected chi connectivity index (χ2v) is 3.29. The van der Waals surface area contributed by atoms with Crippen molar-refractivity contribution in [2.75, 3.05) is 5.32 Å². The van der Waals surface area contributed by atoms with Crippen LogP contribution in [0.15, 0.2) is 36.9 Å². The van der Waals surface area contributed by atoms with E-state index in [4.69, 9.17) is 5.11 Å². The third kappa shape index (κ3) is 3.81. The third-order valence-corrected chi connectivity index (χ3v) is 2.06. The first-order valence-corrected chi connectivity index (χ1v) is 4.93. The highest BCUT2D eigenvalue weighted by Gasteiger charge is 1.97. The molecule has 0 fully saturated rings. The maximum absolute atomic E-state index is 8.83. The van der Waals surface area contributed by atoms with E-state index in [-0.39, 0.29) is 14.0 Å². The monoisotopic (exact) mass is 232 g/mol. The predicted molar refractivity (Wildman–Crippen MR) is 66.2 cm³/mol. The van der Waals surface area contributed by atoms with Gasteiger partial charge in [-0.3, -0.25) is 4.98 Å². The van der Waals surface area contributed by atoms with Gasteiger partial charge in [0.2, 0.25) is 5.95 Å². The largest absolute Gasteiger partial charge is 0.392 e. The molecule has 0 aliphatic carbocycles. The molecule has 0 aliphatic heterocycles. The summed E-state index contributed by atoms with van der Waals surface area (Å²) in [7, 11) is 0. The van der Waals surface area contributed by atoms with Gasteiger partial charge in [-0.15, -0.1) is 0 Å². The van der Waals surface area contributed by atoms with Crippen molar-refractivity contribution in [3.63, 3.8) is 0 Å². The molecule has 0 atom stereocenters. The lowest BCUT2D eigenvalue weighted by Gasteiger charge is -2.04. The highest BCUT2D eigenvalue weighted by molar-refractivity contribution is 5.26. The van der Waals surface area contributed by atoms with Gasteiger partial charge in [0.15, 0.2) is 0 Å². The van der Waals surface area contributed by atoms with Crippen molar-refractivity contribution in [3.8, 4) is 0 Å². The average molecular weight is 232 g/mol. The minimum Gasteiger partial charge on any atom is -0.392 e. The van der Waals surface area contributed by atoms with Gasteiger partial charge in [0.1, 0.15) is 0 Å². The number of nitrogens with one attached hydrogen (secondary N) is 1. The zero-order valence-corrected chi connectivity index (χ0v) is 8.67.